The molecule has 2 amide bonds. The van der Waals surface area contributed by atoms with Crippen molar-refractivity contribution in [3.8, 4) is 0 Å². The second kappa shape index (κ2) is 9.14. The Labute approximate surface area is 156 Å². The lowest BCUT2D eigenvalue weighted by Gasteiger charge is -2.35. The quantitative estimate of drug-likeness (QED) is 0.816. The number of carbonyl (C=O) groups excluding carboxylic acids is 2. The van der Waals surface area contributed by atoms with Crippen LogP contribution in [-0.4, -0.2) is 85.4 Å². The van der Waals surface area contributed by atoms with Crippen molar-refractivity contribution in [3.63, 3.8) is 0 Å². The van der Waals surface area contributed by atoms with Crippen LogP contribution in [0, 0.1) is 0 Å². The summed E-state index contributed by atoms with van der Waals surface area (Å²) in [5.74, 6) is 0.825. The maximum atomic E-state index is 12.6. The fourth-order valence-electron chi connectivity index (χ4n) is 3.88. The van der Waals surface area contributed by atoms with Crippen LogP contribution in [0.1, 0.15) is 24.8 Å². The first-order chi connectivity index (χ1) is 12.7. The minimum Gasteiger partial charge on any atom is -0.355 e. The van der Waals surface area contributed by atoms with Crippen LogP contribution in [0.2, 0.25) is 0 Å². The fraction of sp³-hybridized carbons (Fsp3) is 0.600. The normalized spacial score (nSPS) is 21.7. The highest BCUT2D eigenvalue weighted by Gasteiger charge is 2.28. The molecular formula is C20H30N4O2. The third-order valence-corrected chi connectivity index (χ3v) is 5.37. The van der Waals surface area contributed by atoms with E-state index in [4.69, 9.17) is 0 Å². The zero-order valence-electron chi connectivity index (χ0n) is 15.7. The van der Waals surface area contributed by atoms with Crippen molar-refractivity contribution in [1.82, 2.24) is 20.0 Å². The number of likely N-dealkylation sites (tertiary alicyclic amines) is 1. The van der Waals surface area contributed by atoms with Crippen molar-refractivity contribution >= 4 is 11.8 Å². The number of nitrogens with zero attached hydrogens (tertiary/aromatic N) is 3. The Kier molecular flexibility index (Phi) is 6.63. The summed E-state index contributed by atoms with van der Waals surface area (Å²) >= 11 is 0. The maximum absolute atomic E-state index is 12.6. The first-order valence-corrected chi connectivity index (χ1v) is 9.70. The van der Waals surface area contributed by atoms with Gasteiger partial charge in [0.1, 0.15) is 0 Å². The Morgan fingerprint density at radius 2 is 1.73 bits per heavy atom. The van der Waals surface area contributed by atoms with E-state index in [9.17, 15) is 9.59 Å². The van der Waals surface area contributed by atoms with Gasteiger partial charge in [0, 0.05) is 39.3 Å². The number of hydrogen-bond acceptors (Lipinski definition) is 4. The highest BCUT2D eigenvalue weighted by Crippen LogP contribution is 2.26. The van der Waals surface area contributed by atoms with Gasteiger partial charge in [-0.1, -0.05) is 30.3 Å². The number of nitrogens with one attached hydrogen (secondary N) is 1. The van der Waals surface area contributed by atoms with Crippen molar-refractivity contribution in [2.24, 2.45) is 0 Å². The molecule has 0 aliphatic carbocycles. The van der Waals surface area contributed by atoms with Gasteiger partial charge in [-0.25, -0.2) is 0 Å². The van der Waals surface area contributed by atoms with Crippen LogP contribution in [0.15, 0.2) is 30.3 Å². The van der Waals surface area contributed by atoms with E-state index in [0.717, 1.165) is 32.6 Å². The molecule has 0 radical (unpaired) electrons. The molecule has 1 aromatic rings. The van der Waals surface area contributed by atoms with Crippen LogP contribution in [-0.2, 0) is 9.59 Å². The van der Waals surface area contributed by atoms with Crippen molar-refractivity contribution in [2.75, 3.05) is 58.9 Å². The number of benzene rings is 1. The van der Waals surface area contributed by atoms with E-state index in [1.54, 1.807) is 0 Å². The van der Waals surface area contributed by atoms with E-state index in [1.807, 2.05) is 17.9 Å². The van der Waals surface area contributed by atoms with E-state index >= 15 is 0 Å². The van der Waals surface area contributed by atoms with E-state index < -0.39 is 0 Å². The highest BCUT2D eigenvalue weighted by atomic mass is 16.2. The Bertz CT molecular complexity index is 599. The number of amides is 2. The summed E-state index contributed by atoms with van der Waals surface area (Å²) in [7, 11) is 0. The van der Waals surface area contributed by atoms with Gasteiger partial charge in [0.15, 0.2) is 0 Å². The van der Waals surface area contributed by atoms with Crippen LogP contribution < -0.4 is 5.32 Å². The van der Waals surface area contributed by atoms with E-state index in [-0.39, 0.29) is 11.8 Å². The van der Waals surface area contributed by atoms with Gasteiger partial charge in [-0.15, -0.1) is 0 Å². The zero-order chi connectivity index (χ0) is 18.4. The van der Waals surface area contributed by atoms with E-state index in [2.05, 4.69) is 39.4 Å². The molecular weight excluding hydrogens is 328 g/mol. The van der Waals surface area contributed by atoms with Gasteiger partial charge >= 0.3 is 0 Å². The second-order valence-electron chi connectivity index (χ2n) is 7.24. The lowest BCUT2D eigenvalue weighted by Crippen LogP contribution is -2.52. The summed E-state index contributed by atoms with van der Waals surface area (Å²) in [4.78, 5) is 30.6. The van der Waals surface area contributed by atoms with Gasteiger partial charge in [-0.2, -0.15) is 0 Å². The molecule has 2 aliphatic heterocycles. The van der Waals surface area contributed by atoms with Crippen LogP contribution >= 0.6 is 0 Å². The molecule has 2 saturated heterocycles. The number of likely N-dealkylation sites (N-methyl/N-ethyl adjacent to an activating group) is 1. The summed E-state index contributed by atoms with van der Waals surface area (Å²) in [6.07, 6.45) is 1.12. The Balaban J connectivity index is 1.40. The van der Waals surface area contributed by atoms with Crippen molar-refractivity contribution in [1.29, 1.82) is 0 Å². The third kappa shape index (κ3) is 5.05. The molecule has 2 heterocycles. The number of piperazine rings is 1. The first-order valence-electron chi connectivity index (χ1n) is 9.70. The molecule has 0 spiro atoms. The van der Waals surface area contributed by atoms with Crippen molar-refractivity contribution in [3.05, 3.63) is 35.9 Å². The lowest BCUT2D eigenvalue weighted by molar-refractivity contribution is -0.134. The average molecular weight is 358 g/mol. The molecule has 6 nitrogen and oxygen atoms in total. The fourth-order valence-corrected chi connectivity index (χ4v) is 3.88. The van der Waals surface area contributed by atoms with Crippen LogP contribution in [0.5, 0.6) is 0 Å². The Morgan fingerprint density at radius 3 is 2.42 bits per heavy atom. The molecule has 1 N–H and O–H groups in total. The monoisotopic (exact) mass is 358 g/mol. The molecule has 0 bridgehead atoms. The number of rotatable bonds is 6. The number of carbonyl (C=O) groups is 2. The molecule has 0 aromatic heterocycles. The van der Waals surface area contributed by atoms with Gasteiger partial charge in [0.25, 0.3) is 0 Å². The Morgan fingerprint density at radius 1 is 1.00 bits per heavy atom. The lowest BCUT2D eigenvalue weighted by atomic mass is 9.99. The molecule has 3 rings (SSSR count). The molecule has 2 fully saturated rings. The minimum atomic E-state index is 0.0660. The molecule has 1 unspecified atom stereocenters. The molecule has 6 heteroatoms. The molecule has 26 heavy (non-hydrogen) atoms. The Hall–Kier alpha value is -1.92. The number of hydrogen-bond donors (Lipinski definition) is 1. The van der Waals surface area contributed by atoms with Crippen LogP contribution in [0.25, 0.3) is 0 Å². The summed E-state index contributed by atoms with van der Waals surface area (Å²) in [6.45, 7) is 8.47. The third-order valence-electron chi connectivity index (χ3n) is 5.37. The molecule has 0 saturated carbocycles. The van der Waals surface area contributed by atoms with Gasteiger partial charge < -0.3 is 10.2 Å². The average Bonchev–Trinajstić information content (AvgIpc) is 3.12. The predicted octanol–water partition coefficient (Wildman–Crippen LogP) is 0.756. The van der Waals surface area contributed by atoms with E-state index in [1.165, 1.54) is 5.56 Å². The predicted molar refractivity (Wildman–Crippen MR) is 102 cm³/mol. The standard InChI is InChI=1S/C20H30N4O2/c1-2-21-19(25)15-22-10-12-24(13-11-22)20(26)16-23-9-8-18(14-23)17-6-4-3-5-7-17/h3-7,18H,2,8-16H2,1H3,(H,21,25). The second-order valence-corrected chi connectivity index (χ2v) is 7.24. The van der Waals surface area contributed by atoms with E-state index in [0.29, 0.717) is 38.6 Å². The van der Waals surface area contributed by atoms with Crippen molar-refractivity contribution in [2.45, 2.75) is 19.3 Å². The summed E-state index contributed by atoms with van der Waals surface area (Å²) in [5, 5.41) is 2.82. The molecule has 1 atom stereocenters. The summed E-state index contributed by atoms with van der Waals surface area (Å²) in [5.41, 5.74) is 1.38. The van der Waals surface area contributed by atoms with Gasteiger partial charge in [0.05, 0.1) is 13.1 Å². The van der Waals surface area contributed by atoms with Crippen molar-refractivity contribution < 1.29 is 9.59 Å². The van der Waals surface area contributed by atoms with Gasteiger partial charge in [0.2, 0.25) is 11.8 Å². The molecule has 142 valence electrons. The van der Waals surface area contributed by atoms with Crippen LogP contribution in [0.3, 0.4) is 0 Å². The largest absolute Gasteiger partial charge is 0.355 e. The van der Waals surface area contributed by atoms with Gasteiger partial charge in [-0.3, -0.25) is 19.4 Å². The molecule has 1 aromatic carbocycles. The summed E-state index contributed by atoms with van der Waals surface area (Å²) in [6, 6.07) is 10.6. The highest BCUT2D eigenvalue weighted by molar-refractivity contribution is 5.79. The summed E-state index contributed by atoms with van der Waals surface area (Å²) < 4.78 is 0. The zero-order valence-corrected chi connectivity index (χ0v) is 15.7. The SMILES string of the molecule is CCNC(=O)CN1CCN(C(=O)CN2CCC(c3ccccc3)C2)CC1. The molecule has 2 aliphatic rings. The minimum absolute atomic E-state index is 0.0660. The van der Waals surface area contributed by atoms with Gasteiger partial charge in [-0.05, 0) is 31.4 Å². The first kappa shape index (κ1) is 18.9. The maximum Gasteiger partial charge on any atom is 0.236 e. The van der Waals surface area contributed by atoms with Crippen LogP contribution in [0.4, 0.5) is 0 Å². The topological polar surface area (TPSA) is 55.9 Å². The smallest absolute Gasteiger partial charge is 0.236 e.